The van der Waals surface area contributed by atoms with Crippen LogP contribution < -0.4 is 20.1 Å². The maximum Gasteiger partial charge on any atom is 0.410 e. The number of nitrogens with one attached hydrogen (secondary N) is 3. The third-order valence-electron chi connectivity index (χ3n) is 8.39. The first-order valence-corrected chi connectivity index (χ1v) is 14.7. The van der Waals surface area contributed by atoms with Crippen LogP contribution in [0.15, 0.2) is 36.7 Å². The Morgan fingerprint density at radius 2 is 2.07 bits per heavy atom. The van der Waals surface area contributed by atoms with Gasteiger partial charge in [0, 0.05) is 42.4 Å². The van der Waals surface area contributed by atoms with E-state index in [2.05, 4.69) is 20.6 Å². The number of aromatic nitrogens is 2. The van der Waals surface area contributed by atoms with Gasteiger partial charge in [-0.15, -0.1) is 0 Å². The number of hydrogen-bond donors (Lipinski definition) is 3. The number of pyridine rings is 1. The number of para-hydroxylation sites is 1. The fourth-order valence-electron chi connectivity index (χ4n) is 6.20. The first-order valence-electron chi connectivity index (χ1n) is 14.3. The van der Waals surface area contributed by atoms with Gasteiger partial charge >= 0.3 is 6.09 Å². The molecule has 1 aliphatic carbocycles. The molecule has 0 unspecified atom stereocenters. The summed E-state index contributed by atoms with van der Waals surface area (Å²) in [5.41, 5.74) is 3.49. The number of fused-ring (bicyclic) bond motifs is 1. The van der Waals surface area contributed by atoms with Crippen molar-refractivity contribution in [3.8, 4) is 22.8 Å². The molecule has 0 bridgehead atoms. The number of amides is 2. The summed E-state index contributed by atoms with van der Waals surface area (Å²) in [6, 6.07) is 7.18. The molecule has 2 aromatic heterocycles. The summed E-state index contributed by atoms with van der Waals surface area (Å²) in [4.78, 5) is 35.7. The summed E-state index contributed by atoms with van der Waals surface area (Å²) in [5, 5.41) is 6.81. The number of rotatable bonds is 7. The van der Waals surface area contributed by atoms with Crippen molar-refractivity contribution in [3.63, 3.8) is 0 Å². The Morgan fingerprint density at radius 1 is 1.26 bits per heavy atom. The minimum absolute atomic E-state index is 0.0682. The maximum atomic E-state index is 13.1. The highest BCUT2D eigenvalue weighted by Gasteiger charge is 2.58. The Kier molecular flexibility index (Phi) is 7.21. The monoisotopic (exact) mass is 593 g/mol. The molecule has 6 rings (SSSR count). The molecular weight excluding hydrogens is 558 g/mol. The highest BCUT2D eigenvalue weighted by molar-refractivity contribution is 6.32. The van der Waals surface area contributed by atoms with Crippen molar-refractivity contribution < 1.29 is 23.8 Å². The van der Waals surface area contributed by atoms with Crippen LogP contribution in [0.25, 0.3) is 11.3 Å². The molecule has 1 aromatic carbocycles. The van der Waals surface area contributed by atoms with E-state index in [1.165, 1.54) is 0 Å². The molecular formula is C31H36ClN5O5. The van der Waals surface area contributed by atoms with E-state index in [4.69, 9.17) is 25.8 Å². The second kappa shape index (κ2) is 10.7. The van der Waals surface area contributed by atoms with Gasteiger partial charge in [0.2, 0.25) is 0 Å². The number of hydrogen-bond acceptors (Lipinski definition) is 7. The van der Waals surface area contributed by atoms with E-state index in [0.717, 1.165) is 30.5 Å². The fraction of sp³-hybridized carbons (Fsp3) is 0.452. The molecule has 1 saturated carbocycles. The van der Waals surface area contributed by atoms with Gasteiger partial charge in [-0.1, -0.05) is 24.1 Å². The number of anilines is 2. The number of benzene rings is 1. The van der Waals surface area contributed by atoms with Crippen molar-refractivity contribution in [1.82, 2.24) is 20.2 Å². The van der Waals surface area contributed by atoms with Crippen molar-refractivity contribution in [2.75, 3.05) is 32.1 Å². The van der Waals surface area contributed by atoms with Crippen molar-refractivity contribution in [1.29, 1.82) is 0 Å². The molecule has 222 valence electrons. The minimum Gasteiger partial charge on any atom is -0.493 e. The molecule has 2 aliphatic heterocycles. The van der Waals surface area contributed by atoms with Gasteiger partial charge in [-0.05, 0) is 51.8 Å². The maximum absolute atomic E-state index is 13.1. The smallest absolute Gasteiger partial charge is 0.410 e. The molecule has 3 aromatic rings. The minimum atomic E-state index is -0.574. The van der Waals surface area contributed by atoms with Crippen LogP contribution in [0.1, 0.15) is 56.1 Å². The molecule has 1 atom stereocenters. The zero-order valence-corrected chi connectivity index (χ0v) is 25.1. The Bertz CT molecular complexity index is 1530. The van der Waals surface area contributed by atoms with E-state index >= 15 is 0 Å². The summed E-state index contributed by atoms with van der Waals surface area (Å²) in [7, 11) is 1.55. The van der Waals surface area contributed by atoms with Gasteiger partial charge in [-0.25, -0.2) is 4.79 Å². The average Bonchev–Trinajstić information content (AvgIpc) is 3.26. The number of H-pyrrole nitrogens is 1. The van der Waals surface area contributed by atoms with E-state index < -0.39 is 5.60 Å². The molecule has 10 nitrogen and oxygen atoms in total. The van der Waals surface area contributed by atoms with E-state index in [-0.39, 0.29) is 23.5 Å². The average molecular weight is 594 g/mol. The van der Waals surface area contributed by atoms with Gasteiger partial charge in [0.25, 0.3) is 5.91 Å². The second-order valence-electron chi connectivity index (χ2n) is 12.2. The molecule has 42 heavy (non-hydrogen) atoms. The van der Waals surface area contributed by atoms with E-state index in [0.29, 0.717) is 65.3 Å². The number of carbonyl (C=O) groups is 2. The van der Waals surface area contributed by atoms with Crippen LogP contribution in [0.5, 0.6) is 11.5 Å². The first-order chi connectivity index (χ1) is 20.1. The molecule has 1 spiro atoms. The summed E-state index contributed by atoms with van der Waals surface area (Å²) >= 11 is 6.41. The quantitative estimate of drug-likeness (QED) is 0.310. The lowest BCUT2D eigenvalue weighted by atomic mass is 9.58. The number of aromatic amines is 1. The number of methoxy groups -OCH3 is 1. The fourth-order valence-corrected chi connectivity index (χ4v) is 6.45. The molecule has 2 fully saturated rings. The number of likely N-dealkylation sites (tertiary alicyclic amines) is 1. The molecule has 1 saturated heterocycles. The zero-order chi connectivity index (χ0) is 29.6. The van der Waals surface area contributed by atoms with Gasteiger partial charge in [0.05, 0.1) is 47.0 Å². The predicted octanol–water partition coefficient (Wildman–Crippen LogP) is 5.94. The van der Waals surface area contributed by atoms with Crippen LogP contribution in [0, 0.1) is 5.41 Å². The van der Waals surface area contributed by atoms with Gasteiger partial charge in [0.15, 0.2) is 5.75 Å². The SMILES string of the molecule is COc1c(Cl)cccc1Nc1c(-c2ccncc2OC[C@@H]2N(C(=O)OC(C)(C)C)CC23CCC3)[nH]c2c1C(=O)NCC2. The Morgan fingerprint density at radius 3 is 2.79 bits per heavy atom. The standard InChI is InChI=1S/C31H36ClN5O5/c1-30(2,3)42-29(39)37-17-31(11-6-12-31)23(37)16-41-22-15-33-13-9-18(22)25-26(24-20(35-25)10-14-34-28(24)38)36-21-8-5-7-19(32)27(21)40-4/h5,7-9,13,15,23,35-36H,6,10-12,14,16-17H2,1-4H3,(H,34,38)/t23-/m0/s1. The van der Waals surface area contributed by atoms with Crippen molar-refractivity contribution in [3.05, 3.63) is 52.9 Å². The normalized spacial score (nSPS) is 18.8. The second-order valence-corrected chi connectivity index (χ2v) is 12.6. The van der Waals surface area contributed by atoms with Crippen molar-refractivity contribution in [2.24, 2.45) is 5.41 Å². The van der Waals surface area contributed by atoms with Crippen molar-refractivity contribution >= 4 is 35.0 Å². The Labute approximate surface area is 250 Å². The molecule has 3 aliphatic rings. The highest BCUT2D eigenvalue weighted by Crippen LogP contribution is 2.53. The Hall–Kier alpha value is -3.92. The van der Waals surface area contributed by atoms with Gasteiger partial charge < -0.3 is 34.7 Å². The molecule has 3 N–H and O–H groups in total. The molecule has 11 heteroatoms. The summed E-state index contributed by atoms with van der Waals surface area (Å²) in [6.45, 7) is 7.15. The first kappa shape index (κ1) is 28.2. The topological polar surface area (TPSA) is 118 Å². The van der Waals surface area contributed by atoms with E-state index in [1.54, 1.807) is 30.5 Å². The predicted molar refractivity (Wildman–Crippen MR) is 160 cm³/mol. The molecule has 4 heterocycles. The van der Waals surface area contributed by atoms with E-state index in [1.807, 2.05) is 39.0 Å². The van der Waals surface area contributed by atoms with Crippen LogP contribution in [-0.4, -0.2) is 65.3 Å². The van der Waals surface area contributed by atoms with Crippen LogP contribution in [0.4, 0.5) is 16.2 Å². The van der Waals surface area contributed by atoms with Gasteiger partial charge in [-0.3, -0.25) is 9.78 Å². The van der Waals surface area contributed by atoms with Crippen LogP contribution in [0.3, 0.4) is 0 Å². The summed E-state index contributed by atoms with van der Waals surface area (Å²) in [6.07, 6.45) is 6.97. The molecule has 2 amide bonds. The van der Waals surface area contributed by atoms with Gasteiger partial charge in [-0.2, -0.15) is 0 Å². The summed E-state index contributed by atoms with van der Waals surface area (Å²) in [5.74, 6) is 0.844. The lowest BCUT2D eigenvalue weighted by molar-refractivity contribution is -0.132. The van der Waals surface area contributed by atoms with Crippen molar-refractivity contribution in [2.45, 2.75) is 58.1 Å². The summed E-state index contributed by atoms with van der Waals surface area (Å²) < 4.78 is 17.7. The van der Waals surface area contributed by atoms with Crippen LogP contribution in [0.2, 0.25) is 5.02 Å². The lowest BCUT2D eigenvalue weighted by Gasteiger charge is -2.61. The van der Waals surface area contributed by atoms with Crippen LogP contribution in [-0.2, 0) is 11.2 Å². The third kappa shape index (κ3) is 5.02. The van der Waals surface area contributed by atoms with Crippen LogP contribution >= 0.6 is 11.6 Å². The number of nitrogens with zero attached hydrogens (tertiary/aromatic N) is 2. The molecule has 0 radical (unpaired) electrons. The van der Waals surface area contributed by atoms with Gasteiger partial charge in [0.1, 0.15) is 18.0 Å². The Balaban J connectivity index is 1.33. The lowest BCUT2D eigenvalue weighted by Crippen LogP contribution is -2.71. The number of halogens is 1. The third-order valence-corrected chi connectivity index (χ3v) is 8.69. The highest BCUT2D eigenvalue weighted by atomic mass is 35.5. The number of ether oxygens (including phenoxy) is 3. The number of carbonyl (C=O) groups excluding carboxylic acids is 2. The zero-order valence-electron chi connectivity index (χ0n) is 24.3. The van der Waals surface area contributed by atoms with E-state index in [9.17, 15) is 9.59 Å². The largest absolute Gasteiger partial charge is 0.493 e.